The second-order valence-corrected chi connectivity index (χ2v) is 4.31. The van der Waals surface area contributed by atoms with Crippen LogP contribution >= 0.6 is 0 Å². The molecule has 2 heteroatoms. The highest BCUT2D eigenvalue weighted by atomic mass is 16.5. The second kappa shape index (κ2) is 5.75. The quantitative estimate of drug-likeness (QED) is 0.805. The third-order valence-corrected chi connectivity index (χ3v) is 3.27. The van der Waals surface area contributed by atoms with Gasteiger partial charge < -0.3 is 10.1 Å². The van der Waals surface area contributed by atoms with Crippen molar-refractivity contribution in [2.45, 2.75) is 32.2 Å². The Morgan fingerprint density at radius 1 is 1.47 bits per heavy atom. The van der Waals surface area contributed by atoms with Crippen LogP contribution < -0.4 is 10.1 Å². The SMILES string of the molecule is CC#CCOc1ccc2c(c1)C(NC)CCC2. The van der Waals surface area contributed by atoms with Crippen molar-refractivity contribution in [3.8, 4) is 17.6 Å². The van der Waals surface area contributed by atoms with E-state index in [2.05, 4.69) is 29.3 Å². The van der Waals surface area contributed by atoms with Crippen molar-refractivity contribution < 1.29 is 4.74 Å². The van der Waals surface area contributed by atoms with Crippen LogP contribution in [-0.2, 0) is 6.42 Å². The number of rotatable bonds is 3. The molecule has 0 saturated heterocycles. The molecule has 90 valence electrons. The summed E-state index contributed by atoms with van der Waals surface area (Å²) in [4.78, 5) is 0. The van der Waals surface area contributed by atoms with Crippen LogP contribution in [0.1, 0.15) is 36.9 Å². The molecule has 1 aromatic carbocycles. The summed E-state index contributed by atoms with van der Waals surface area (Å²) in [5.41, 5.74) is 2.84. The molecule has 0 bridgehead atoms. The Hall–Kier alpha value is -1.46. The van der Waals surface area contributed by atoms with E-state index >= 15 is 0 Å². The summed E-state index contributed by atoms with van der Waals surface area (Å²) in [7, 11) is 2.02. The Bertz CT molecular complexity index is 442. The molecule has 1 unspecified atom stereocenters. The van der Waals surface area contributed by atoms with Gasteiger partial charge in [-0.25, -0.2) is 0 Å². The molecule has 0 spiro atoms. The smallest absolute Gasteiger partial charge is 0.149 e. The Balaban J connectivity index is 2.17. The minimum absolute atomic E-state index is 0.472. The first-order valence-electron chi connectivity index (χ1n) is 6.17. The van der Waals surface area contributed by atoms with E-state index in [-0.39, 0.29) is 0 Å². The number of hydrogen-bond acceptors (Lipinski definition) is 2. The Labute approximate surface area is 103 Å². The summed E-state index contributed by atoms with van der Waals surface area (Å²) < 4.78 is 5.60. The minimum atomic E-state index is 0.472. The Morgan fingerprint density at radius 3 is 3.12 bits per heavy atom. The molecule has 1 N–H and O–H groups in total. The van der Waals surface area contributed by atoms with Crippen LogP contribution in [0.2, 0.25) is 0 Å². The number of hydrogen-bond donors (Lipinski definition) is 1. The maximum Gasteiger partial charge on any atom is 0.149 e. The van der Waals surface area contributed by atoms with E-state index in [4.69, 9.17) is 4.74 Å². The number of ether oxygens (including phenoxy) is 1. The van der Waals surface area contributed by atoms with Gasteiger partial charge in [0, 0.05) is 6.04 Å². The average Bonchev–Trinajstić information content (AvgIpc) is 2.38. The number of nitrogens with one attached hydrogen (secondary N) is 1. The molecule has 1 aromatic rings. The summed E-state index contributed by atoms with van der Waals surface area (Å²) in [6.07, 6.45) is 3.66. The van der Waals surface area contributed by atoms with Gasteiger partial charge in [-0.1, -0.05) is 12.0 Å². The van der Waals surface area contributed by atoms with Crippen LogP contribution in [0.15, 0.2) is 18.2 Å². The van der Waals surface area contributed by atoms with Crippen molar-refractivity contribution in [2.24, 2.45) is 0 Å². The fourth-order valence-corrected chi connectivity index (χ4v) is 2.36. The molecule has 2 nitrogen and oxygen atoms in total. The van der Waals surface area contributed by atoms with Crippen molar-refractivity contribution in [3.63, 3.8) is 0 Å². The highest BCUT2D eigenvalue weighted by molar-refractivity contribution is 5.39. The van der Waals surface area contributed by atoms with Crippen molar-refractivity contribution >= 4 is 0 Å². The zero-order chi connectivity index (χ0) is 12.1. The van der Waals surface area contributed by atoms with Crippen LogP contribution in [-0.4, -0.2) is 13.7 Å². The molecular formula is C15H19NO. The van der Waals surface area contributed by atoms with E-state index < -0.39 is 0 Å². The van der Waals surface area contributed by atoms with Gasteiger partial charge in [-0.3, -0.25) is 0 Å². The molecule has 2 rings (SSSR count). The lowest BCUT2D eigenvalue weighted by atomic mass is 9.87. The largest absolute Gasteiger partial charge is 0.481 e. The van der Waals surface area contributed by atoms with Crippen LogP contribution in [0.25, 0.3) is 0 Å². The third kappa shape index (κ3) is 2.81. The molecule has 0 aliphatic heterocycles. The van der Waals surface area contributed by atoms with Crippen LogP contribution in [0.3, 0.4) is 0 Å². The first kappa shape index (κ1) is 12.0. The van der Waals surface area contributed by atoms with E-state index in [1.807, 2.05) is 20.0 Å². The summed E-state index contributed by atoms with van der Waals surface area (Å²) in [5.74, 6) is 6.67. The van der Waals surface area contributed by atoms with E-state index in [9.17, 15) is 0 Å². The van der Waals surface area contributed by atoms with Crippen molar-refractivity contribution in [1.82, 2.24) is 5.32 Å². The monoisotopic (exact) mass is 229 g/mol. The van der Waals surface area contributed by atoms with E-state index in [0.717, 1.165) is 5.75 Å². The van der Waals surface area contributed by atoms with Gasteiger partial charge in [0.1, 0.15) is 12.4 Å². The molecule has 0 amide bonds. The molecule has 1 atom stereocenters. The number of fused-ring (bicyclic) bond motifs is 1. The topological polar surface area (TPSA) is 21.3 Å². The maximum absolute atomic E-state index is 5.60. The fourth-order valence-electron chi connectivity index (χ4n) is 2.36. The van der Waals surface area contributed by atoms with Gasteiger partial charge in [-0.2, -0.15) is 0 Å². The van der Waals surface area contributed by atoms with Gasteiger partial charge >= 0.3 is 0 Å². The first-order chi connectivity index (χ1) is 8.35. The summed E-state index contributed by atoms with van der Waals surface area (Å²) >= 11 is 0. The third-order valence-electron chi connectivity index (χ3n) is 3.27. The molecular weight excluding hydrogens is 210 g/mol. The van der Waals surface area contributed by atoms with E-state index in [1.165, 1.54) is 30.4 Å². The number of aryl methyl sites for hydroxylation is 1. The molecule has 0 radical (unpaired) electrons. The second-order valence-electron chi connectivity index (χ2n) is 4.31. The Kier molecular flexibility index (Phi) is 4.06. The molecule has 0 saturated carbocycles. The zero-order valence-electron chi connectivity index (χ0n) is 10.5. The first-order valence-corrected chi connectivity index (χ1v) is 6.17. The highest BCUT2D eigenvalue weighted by Crippen LogP contribution is 2.32. The van der Waals surface area contributed by atoms with Gasteiger partial charge in [0.15, 0.2) is 0 Å². The molecule has 0 fully saturated rings. The normalized spacial score (nSPS) is 17.9. The molecule has 0 aromatic heterocycles. The van der Waals surface area contributed by atoms with E-state index in [0.29, 0.717) is 12.6 Å². The van der Waals surface area contributed by atoms with Crippen molar-refractivity contribution in [1.29, 1.82) is 0 Å². The molecule has 1 aliphatic carbocycles. The minimum Gasteiger partial charge on any atom is -0.481 e. The van der Waals surface area contributed by atoms with Crippen LogP contribution in [0, 0.1) is 11.8 Å². The van der Waals surface area contributed by atoms with Crippen LogP contribution in [0.5, 0.6) is 5.75 Å². The van der Waals surface area contributed by atoms with Gasteiger partial charge in [0.05, 0.1) is 0 Å². The molecule has 17 heavy (non-hydrogen) atoms. The summed E-state index contributed by atoms with van der Waals surface area (Å²) in [6.45, 7) is 2.30. The molecule has 0 heterocycles. The zero-order valence-corrected chi connectivity index (χ0v) is 10.5. The van der Waals surface area contributed by atoms with Crippen molar-refractivity contribution in [3.05, 3.63) is 29.3 Å². The maximum atomic E-state index is 5.60. The standard InChI is InChI=1S/C15H19NO/c1-3-4-10-17-13-9-8-12-6-5-7-15(16-2)14(12)11-13/h8-9,11,15-16H,5-7,10H2,1-2H3. The summed E-state index contributed by atoms with van der Waals surface area (Å²) in [5, 5.41) is 3.37. The van der Waals surface area contributed by atoms with Gasteiger partial charge in [0.25, 0.3) is 0 Å². The predicted molar refractivity (Wildman–Crippen MR) is 70.1 cm³/mol. The lowest BCUT2D eigenvalue weighted by molar-refractivity contribution is 0.368. The molecule has 1 aliphatic rings. The summed E-state index contributed by atoms with van der Waals surface area (Å²) in [6, 6.07) is 6.87. The lowest BCUT2D eigenvalue weighted by Gasteiger charge is -2.25. The van der Waals surface area contributed by atoms with Gasteiger partial charge in [-0.05, 0) is 56.5 Å². The number of benzene rings is 1. The van der Waals surface area contributed by atoms with Gasteiger partial charge in [0.2, 0.25) is 0 Å². The average molecular weight is 229 g/mol. The Morgan fingerprint density at radius 2 is 2.35 bits per heavy atom. The van der Waals surface area contributed by atoms with Crippen molar-refractivity contribution in [2.75, 3.05) is 13.7 Å². The van der Waals surface area contributed by atoms with Gasteiger partial charge in [-0.15, -0.1) is 5.92 Å². The highest BCUT2D eigenvalue weighted by Gasteiger charge is 2.18. The fraction of sp³-hybridized carbons (Fsp3) is 0.467. The lowest BCUT2D eigenvalue weighted by Crippen LogP contribution is -2.21. The predicted octanol–water partition coefficient (Wildman–Crippen LogP) is 2.69. The van der Waals surface area contributed by atoms with Crippen LogP contribution in [0.4, 0.5) is 0 Å². The van der Waals surface area contributed by atoms with E-state index in [1.54, 1.807) is 0 Å².